The molecular formula is C48H55N5O10S. The number of fused-ring (bicyclic) bond motifs is 1. The number of nitrogens with zero attached hydrogens (tertiary/aromatic N) is 1. The van der Waals surface area contributed by atoms with Gasteiger partial charge in [-0.05, 0) is 104 Å². The van der Waals surface area contributed by atoms with Crippen molar-refractivity contribution in [2.45, 2.75) is 75.6 Å². The van der Waals surface area contributed by atoms with E-state index in [1.54, 1.807) is 33.9 Å². The third kappa shape index (κ3) is 10.6. The summed E-state index contributed by atoms with van der Waals surface area (Å²) in [6.45, 7) is 13.5. The van der Waals surface area contributed by atoms with E-state index in [0.717, 1.165) is 33.5 Å². The second-order valence-electron chi connectivity index (χ2n) is 16.8. The quantitative estimate of drug-likeness (QED) is 0.0783. The highest BCUT2D eigenvalue weighted by Gasteiger charge is 2.59. The van der Waals surface area contributed by atoms with Gasteiger partial charge in [-0.25, -0.2) is 17.9 Å². The standard InChI is InChI=1S/C48H55N5O10S/c1-8-31-26-48(31,45(57)52-64(59,60)34-19-15-12-16-20-34)29-50-43(55)40-24-33(28-53(40)44(56)39(27-49-42(54)10-3)51-46(58)63-47(4,5)6)62-41-25-37(30-17-13-11-14-18-30)35(9-2)38-23-32(61-7)21-22-36(38)41/h8,10-23,25,31,33,39-40H,1,3,9,24,26-29H2,2,4-7H3,(H,49,54)(H,50,55)(H,51,58)(H,52,57). The van der Waals surface area contributed by atoms with Crippen LogP contribution < -0.4 is 30.1 Å². The molecule has 0 radical (unpaired) electrons. The van der Waals surface area contributed by atoms with Crippen molar-refractivity contribution in [1.82, 2.24) is 25.6 Å². The minimum atomic E-state index is -4.24. The number of ether oxygens (including phenoxy) is 3. The highest BCUT2D eigenvalue weighted by Crippen LogP contribution is 2.53. The number of rotatable bonds is 17. The van der Waals surface area contributed by atoms with Gasteiger partial charge in [0.1, 0.15) is 35.3 Å². The summed E-state index contributed by atoms with van der Waals surface area (Å²) in [5, 5.41) is 9.60. The number of hydrogen-bond donors (Lipinski definition) is 4. The average Bonchev–Trinajstić information content (AvgIpc) is 3.86. The summed E-state index contributed by atoms with van der Waals surface area (Å²) < 4.78 is 46.3. The summed E-state index contributed by atoms with van der Waals surface area (Å²) in [4.78, 5) is 69.4. The van der Waals surface area contributed by atoms with Crippen molar-refractivity contribution < 1.29 is 46.6 Å². The highest BCUT2D eigenvalue weighted by molar-refractivity contribution is 7.90. The van der Waals surface area contributed by atoms with Gasteiger partial charge in [0.15, 0.2) is 0 Å². The first-order chi connectivity index (χ1) is 30.4. The first-order valence-corrected chi connectivity index (χ1v) is 22.5. The molecule has 5 atom stereocenters. The molecule has 64 heavy (non-hydrogen) atoms. The molecular weight excluding hydrogens is 839 g/mol. The molecule has 4 aromatic carbocycles. The van der Waals surface area contributed by atoms with E-state index in [9.17, 15) is 32.4 Å². The zero-order chi connectivity index (χ0) is 46.4. The van der Waals surface area contributed by atoms with Crippen LogP contribution in [0, 0.1) is 11.3 Å². The van der Waals surface area contributed by atoms with Crippen LogP contribution in [0.4, 0.5) is 4.79 Å². The fraction of sp³-hybridized carbons (Fsp3) is 0.354. The zero-order valence-electron chi connectivity index (χ0n) is 36.6. The molecule has 1 heterocycles. The van der Waals surface area contributed by atoms with Gasteiger partial charge < -0.3 is 35.1 Å². The highest BCUT2D eigenvalue weighted by atomic mass is 32.2. The van der Waals surface area contributed by atoms with Gasteiger partial charge in [-0.3, -0.25) is 19.2 Å². The van der Waals surface area contributed by atoms with E-state index >= 15 is 0 Å². The fourth-order valence-corrected chi connectivity index (χ4v) is 9.10. The van der Waals surface area contributed by atoms with E-state index in [0.29, 0.717) is 17.9 Å². The van der Waals surface area contributed by atoms with Crippen LogP contribution in [0.25, 0.3) is 21.9 Å². The molecule has 5 amide bonds. The lowest BCUT2D eigenvalue weighted by Crippen LogP contribution is -2.57. The number of amides is 5. The van der Waals surface area contributed by atoms with E-state index in [2.05, 4.69) is 40.8 Å². The summed E-state index contributed by atoms with van der Waals surface area (Å²) in [6.07, 6.45) is 1.74. The Morgan fingerprint density at radius 2 is 1.62 bits per heavy atom. The maximum absolute atomic E-state index is 14.7. The zero-order valence-corrected chi connectivity index (χ0v) is 37.5. The minimum Gasteiger partial charge on any atom is -0.497 e. The molecule has 0 spiro atoms. The maximum Gasteiger partial charge on any atom is 0.408 e. The molecule has 2 aliphatic rings. The molecule has 5 unspecified atom stereocenters. The number of carbonyl (C=O) groups is 5. The number of allylic oxidation sites excluding steroid dienone is 1. The van der Waals surface area contributed by atoms with Gasteiger partial charge in [0.2, 0.25) is 23.6 Å². The Labute approximate surface area is 373 Å². The lowest BCUT2D eigenvalue weighted by atomic mass is 9.92. The predicted molar refractivity (Wildman–Crippen MR) is 242 cm³/mol. The van der Waals surface area contributed by atoms with Gasteiger partial charge in [0.05, 0.1) is 24.0 Å². The van der Waals surface area contributed by atoms with Crippen LogP contribution in [-0.4, -0.2) is 93.6 Å². The number of benzene rings is 4. The largest absolute Gasteiger partial charge is 0.497 e. The van der Waals surface area contributed by atoms with Crippen LogP contribution in [0.5, 0.6) is 11.5 Å². The molecule has 4 aromatic rings. The molecule has 6 rings (SSSR count). The summed E-state index contributed by atoms with van der Waals surface area (Å²) in [5.74, 6) is -2.10. The molecule has 16 heteroatoms. The van der Waals surface area contributed by atoms with Gasteiger partial charge in [0.25, 0.3) is 10.0 Å². The summed E-state index contributed by atoms with van der Waals surface area (Å²) >= 11 is 0. The number of methoxy groups -OCH3 is 1. The Balaban J connectivity index is 1.34. The van der Waals surface area contributed by atoms with Crippen LogP contribution in [0.15, 0.2) is 115 Å². The number of carbonyl (C=O) groups excluding carboxylic acids is 5. The van der Waals surface area contributed by atoms with Gasteiger partial charge in [-0.2, -0.15) is 0 Å². The number of hydrogen-bond acceptors (Lipinski definition) is 10. The Hall–Kier alpha value is -6.68. The van der Waals surface area contributed by atoms with Gasteiger partial charge in [-0.15, -0.1) is 6.58 Å². The first-order valence-electron chi connectivity index (χ1n) is 21.0. The molecule has 1 saturated heterocycles. The van der Waals surface area contributed by atoms with E-state index in [1.165, 1.54) is 35.2 Å². The molecule has 15 nitrogen and oxygen atoms in total. The Bertz CT molecular complexity index is 2540. The normalized spacial score (nSPS) is 19.7. The molecule has 2 fully saturated rings. The van der Waals surface area contributed by atoms with E-state index in [4.69, 9.17) is 14.2 Å². The first kappa shape index (κ1) is 46.8. The molecule has 0 bridgehead atoms. The Morgan fingerprint density at radius 1 is 0.938 bits per heavy atom. The summed E-state index contributed by atoms with van der Waals surface area (Å²) in [5.41, 5.74) is 0.688. The third-order valence-electron chi connectivity index (χ3n) is 11.4. The molecule has 0 aromatic heterocycles. The Morgan fingerprint density at radius 3 is 2.23 bits per heavy atom. The van der Waals surface area contributed by atoms with Gasteiger partial charge in [0, 0.05) is 24.9 Å². The van der Waals surface area contributed by atoms with Crippen LogP contribution >= 0.6 is 0 Å². The smallest absolute Gasteiger partial charge is 0.408 e. The topological polar surface area (TPSA) is 199 Å². The van der Waals surface area contributed by atoms with Crippen LogP contribution in [0.1, 0.15) is 46.1 Å². The number of nitrogens with one attached hydrogen (secondary N) is 4. The molecule has 1 saturated carbocycles. The molecule has 338 valence electrons. The Kier molecular flexibility index (Phi) is 14.2. The predicted octanol–water partition coefficient (Wildman–Crippen LogP) is 5.44. The molecule has 1 aliphatic carbocycles. The van der Waals surface area contributed by atoms with Crippen molar-refractivity contribution >= 4 is 50.5 Å². The van der Waals surface area contributed by atoms with Crippen LogP contribution in [0.3, 0.4) is 0 Å². The monoisotopic (exact) mass is 893 g/mol. The van der Waals surface area contributed by atoms with Crippen LogP contribution in [-0.2, 0) is 40.4 Å². The number of aryl methyl sites for hydroxylation is 1. The van der Waals surface area contributed by atoms with Crippen molar-refractivity contribution in [3.63, 3.8) is 0 Å². The second kappa shape index (κ2) is 19.4. The SMILES string of the molecule is C=CC(=O)NCC(NC(=O)OC(C)(C)C)C(=O)N1CC(Oc2cc(-c3ccccc3)c(CC)c3cc(OC)ccc23)CC1C(=O)NCC1(C(=O)NS(=O)(=O)c2ccccc2)CC1C=C. The number of alkyl carbamates (subject to hydrolysis) is 1. The summed E-state index contributed by atoms with van der Waals surface area (Å²) in [6, 6.07) is 22.3. The van der Waals surface area contributed by atoms with E-state index in [-0.39, 0.29) is 37.4 Å². The number of likely N-dealkylation sites (tertiary alicyclic amines) is 1. The lowest BCUT2D eigenvalue weighted by molar-refractivity contribution is -0.140. The fourth-order valence-electron chi connectivity index (χ4n) is 8.02. The summed E-state index contributed by atoms with van der Waals surface area (Å²) in [7, 11) is -2.65. The second-order valence-corrected chi connectivity index (χ2v) is 18.5. The lowest BCUT2D eigenvalue weighted by Gasteiger charge is -2.29. The van der Waals surface area contributed by atoms with Crippen molar-refractivity contribution in [3.8, 4) is 22.6 Å². The molecule has 1 aliphatic heterocycles. The maximum atomic E-state index is 14.7. The van der Waals surface area contributed by atoms with Crippen molar-refractivity contribution in [3.05, 3.63) is 116 Å². The van der Waals surface area contributed by atoms with E-state index in [1.807, 2.05) is 54.6 Å². The third-order valence-corrected chi connectivity index (χ3v) is 12.7. The van der Waals surface area contributed by atoms with Crippen molar-refractivity contribution in [1.29, 1.82) is 0 Å². The van der Waals surface area contributed by atoms with Gasteiger partial charge in [-0.1, -0.05) is 68.1 Å². The van der Waals surface area contributed by atoms with E-state index < -0.39 is 74.9 Å². The van der Waals surface area contributed by atoms with Crippen LogP contribution in [0.2, 0.25) is 0 Å². The van der Waals surface area contributed by atoms with Crippen molar-refractivity contribution in [2.24, 2.45) is 11.3 Å². The average molecular weight is 894 g/mol. The van der Waals surface area contributed by atoms with Gasteiger partial charge >= 0.3 is 6.09 Å². The minimum absolute atomic E-state index is 0.0178. The van der Waals surface area contributed by atoms with Crippen molar-refractivity contribution in [2.75, 3.05) is 26.7 Å². The molecule has 4 N–H and O–H groups in total. The number of sulfonamides is 1.